The molecule has 0 bridgehead atoms. The number of nitrogens with zero attached hydrogens (tertiary/aromatic N) is 4. The van der Waals surface area contributed by atoms with Crippen LogP contribution in [0.1, 0.15) is 42.4 Å². The minimum absolute atomic E-state index is 0.328. The lowest BCUT2D eigenvalue weighted by atomic mass is 9.98. The molecule has 0 radical (unpaired) electrons. The number of alkyl halides is 3. The quantitative estimate of drug-likeness (QED) is 0.750. The normalized spacial score (nSPS) is 17.5. The van der Waals surface area contributed by atoms with Crippen LogP contribution in [0.5, 0.6) is 0 Å². The van der Waals surface area contributed by atoms with Crippen LogP contribution in [0.15, 0.2) is 24.3 Å². The van der Waals surface area contributed by atoms with Gasteiger partial charge in [-0.3, -0.25) is 0 Å². The van der Waals surface area contributed by atoms with E-state index in [0.717, 1.165) is 61.0 Å². The maximum Gasteiger partial charge on any atom is 0.416 e. The molecule has 2 aliphatic heterocycles. The van der Waals surface area contributed by atoms with Gasteiger partial charge < -0.3 is 15.1 Å². The van der Waals surface area contributed by atoms with E-state index in [1.165, 1.54) is 12.1 Å². The van der Waals surface area contributed by atoms with Crippen molar-refractivity contribution in [1.82, 2.24) is 14.9 Å². The fourth-order valence-corrected chi connectivity index (χ4v) is 4.12. The van der Waals surface area contributed by atoms with Crippen LogP contribution in [0.25, 0.3) is 0 Å². The Morgan fingerprint density at radius 2 is 1.77 bits per heavy atom. The molecule has 4 rings (SSSR count). The van der Waals surface area contributed by atoms with Crippen LogP contribution in [0.4, 0.5) is 29.5 Å². The molecule has 0 unspecified atom stereocenters. The summed E-state index contributed by atoms with van der Waals surface area (Å²) >= 11 is 0. The first-order valence-electron chi connectivity index (χ1n) is 10.5. The van der Waals surface area contributed by atoms with Gasteiger partial charge in [0.1, 0.15) is 11.6 Å². The monoisotopic (exact) mass is 433 g/mol. The Bertz CT molecular complexity index is 953. The van der Waals surface area contributed by atoms with Crippen LogP contribution in [0.2, 0.25) is 0 Å². The molecule has 0 aliphatic carbocycles. The predicted molar refractivity (Wildman–Crippen MR) is 112 cm³/mol. The standard InChI is InChI=1S/C22H26F3N5O/c1-14-7-10-29(11-8-14)20-18-13-30(12-9-19(18)26-15(2)27-20)21(31)28-17-5-3-16(4-6-17)22(23,24)25/h3-6,14H,7-13H2,1-2H3,(H,28,31). The van der Waals surface area contributed by atoms with Crippen molar-refractivity contribution >= 4 is 17.5 Å². The van der Waals surface area contributed by atoms with Crippen molar-refractivity contribution in [3.05, 3.63) is 46.9 Å². The van der Waals surface area contributed by atoms with Crippen LogP contribution >= 0.6 is 0 Å². The van der Waals surface area contributed by atoms with Crippen molar-refractivity contribution < 1.29 is 18.0 Å². The van der Waals surface area contributed by atoms with E-state index in [1.807, 2.05) is 6.92 Å². The van der Waals surface area contributed by atoms with Gasteiger partial charge in [-0.1, -0.05) is 6.92 Å². The number of fused-ring (bicyclic) bond motifs is 1. The molecule has 166 valence electrons. The first-order chi connectivity index (χ1) is 14.7. The molecule has 31 heavy (non-hydrogen) atoms. The van der Waals surface area contributed by atoms with E-state index < -0.39 is 11.7 Å². The van der Waals surface area contributed by atoms with Crippen LogP contribution in [0.3, 0.4) is 0 Å². The van der Waals surface area contributed by atoms with Gasteiger partial charge in [0.25, 0.3) is 0 Å². The number of urea groups is 1. The Kier molecular flexibility index (Phi) is 5.77. The van der Waals surface area contributed by atoms with Crippen molar-refractivity contribution in [3.63, 3.8) is 0 Å². The number of amides is 2. The van der Waals surface area contributed by atoms with Crippen LogP contribution in [-0.4, -0.2) is 40.5 Å². The van der Waals surface area contributed by atoms with Crippen LogP contribution < -0.4 is 10.2 Å². The number of carbonyl (C=O) groups is 1. The molecule has 0 atom stereocenters. The van der Waals surface area contributed by atoms with E-state index in [4.69, 9.17) is 4.98 Å². The molecular weight excluding hydrogens is 407 g/mol. The molecule has 6 nitrogen and oxygen atoms in total. The third-order valence-corrected chi connectivity index (χ3v) is 5.98. The maximum absolute atomic E-state index is 12.8. The molecule has 2 aromatic rings. The van der Waals surface area contributed by atoms with Gasteiger partial charge in [0, 0.05) is 37.3 Å². The number of halogens is 3. The molecule has 3 heterocycles. The molecule has 1 N–H and O–H groups in total. The minimum Gasteiger partial charge on any atom is -0.356 e. The van der Waals surface area contributed by atoms with Gasteiger partial charge in [-0.15, -0.1) is 0 Å². The largest absolute Gasteiger partial charge is 0.416 e. The highest BCUT2D eigenvalue weighted by Crippen LogP contribution is 2.31. The third kappa shape index (κ3) is 4.75. The number of aryl methyl sites for hydroxylation is 1. The summed E-state index contributed by atoms with van der Waals surface area (Å²) in [6.07, 6.45) is -1.57. The number of hydrogen-bond donors (Lipinski definition) is 1. The number of anilines is 2. The van der Waals surface area contributed by atoms with Crippen molar-refractivity contribution in [2.75, 3.05) is 29.9 Å². The van der Waals surface area contributed by atoms with Gasteiger partial charge in [-0.05, 0) is 49.9 Å². The number of carbonyl (C=O) groups excluding carboxylic acids is 1. The summed E-state index contributed by atoms with van der Waals surface area (Å²) < 4.78 is 38.2. The lowest BCUT2D eigenvalue weighted by Gasteiger charge is -2.36. The summed E-state index contributed by atoms with van der Waals surface area (Å²) in [5.74, 6) is 2.33. The fraction of sp³-hybridized carbons (Fsp3) is 0.500. The Morgan fingerprint density at radius 3 is 2.42 bits per heavy atom. The van der Waals surface area contributed by atoms with Gasteiger partial charge in [-0.25, -0.2) is 14.8 Å². The molecule has 0 spiro atoms. The number of nitrogens with one attached hydrogen (secondary N) is 1. The Hall–Kier alpha value is -2.84. The molecular formula is C22H26F3N5O. The van der Waals surface area contributed by atoms with E-state index in [1.54, 1.807) is 4.90 Å². The summed E-state index contributed by atoms with van der Waals surface area (Å²) in [4.78, 5) is 26.0. The molecule has 1 aromatic heterocycles. The van der Waals surface area contributed by atoms with Gasteiger partial charge in [0.2, 0.25) is 0 Å². The highest BCUT2D eigenvalue weighted by molar-refractivity contribution is 5.89. The molecule has 2 aliphatic rings. The van der Waals surface area contributed by atoms with Gasteiger partial charge >= 0.3 is 12.2 Å². The third-order valence-electron chi connectivity index (χ3n) is 5.98. The topological polar surface area (TPSA) is 61.4 Å². The smallest absolute Gasteiger partial charge is 0.356 e. The van der Waals surface area contributed by atoms with Crippen LogP contribution in [-0.2, 0) is 19.1 Å². The molecule has 0 saturated carbocycles. The highest BCUT2D eigenvalue weighted by atomic mass is 19.4. The number of benzene rings is 1. The minimum atomic E-state index is -4.40. The van der Waals surface area contributed by atoms with Crippen LogP contribution in [0, 0.1) is 12.8 Å². The summed E-state index contributed by atoms with van der Waals surface area (Å²) in [7, 11) is 0. The average molecular weight is 433 g/mol. The Morgan fingerprint density at radius 1 is 1.10 bits per heavy atom. The average Bonchev–Trinajstić information content (AvgIpc) is 2.73. The summed E-state index contributed by atoms with van der Waals surface area (Å²) in [5.41, 5.74) is 1.52. The summed E-state index contributed by atoms with van der Waals surface area (Å²) in [6, 6.07) is 4.13. The zero-order valence-corrected chi connectivity index (χ0v) is 17.7. The molecule has 2 amide bonds. The fourth-order valence-electron chi connectivity index (χ4n) is 4.12. The van der Waals surface area contributed by atoms with Gasteiger partial charge in [0.05, 0.1) is 17.8 Å². The number of hydrogen-bond acceptors (Lipinski definition) is 4. The Balaban J connectivity index is 1.49. The first-order valence-corrected chi connectivity index (χ1v) is 10.5. The lowest BCUT2D eigenvalue weighted by molar-refractivity contribution is -0.137. The van der Waals surface area contributed by atoms with E-state index in [0.29, 0.717) is 31.1 Å². The predicted octanol–water partition coefficient (Wildman–Crippen LogP) is 4.63. The Labute approximate surface area is 179 Å². The molecule has 1 fully saturated rings. The van der Waals surface area contributed by atoms with E-state index in [2.05, 4.69) is 22.1 Å². The second-order valence-corrected chi connectivity index (χ2v) is 8.37. The second-order valence-electron chi connectivity index (χ2n) is 8.37. The zero-order valence-electron chi connectivity index (χ0n) is 17.7. The second kappa shape index (κ2) is 8.36. The molecule has 1 saturated heterocycles. The lowest BCUT2D eigenvalue weighted by Crippen LogP contribution is -2.41. The van der Waals surface area contributed by atoms with Crippen molar-refractivity contribution in [1.29, 1.82) is 0 Å². The van der Waals surface area contributed by atoms with Crippen molar-refractivity contribution in [2.24, 2.45) is 5.92 Å². The highest BCUT2D eigenvalue weighted by Gasteiger charge is 2.31. The van der Waals surface area contributed by atoms with E-state index in [9.17, 15) is 18.0 Å². The molecule has 1 aromatic carbocycles. The summed E-state index contributed by atoms with van der Waals surface area (Å²) in [5, 5.41) is 2.70. The number of rotatable bonds is 2. The van der Waals surface area contributed by atoms with E-state index in [-0.39, 0.29) is 6.03 Å². The van der Waals surface area contributed by atoms with Crippen molar-refractivity contribution in [3.8, 4) is 0 Å². The van der Waals surface area contributed by atoms with Gasteiger partial charge in [-0.2, -0.15) is 13.2 Å². The maximum atomic E-state index is 12.8. The van der Waals surface area contributed by atoms with Gasteiger partial charge in [0.15, 0.2) is 0 Å². The zero-order chi connectivity index (χ0) is 22.2. The molecule has 9 heteroatoms. The number of piperidine rings is 1. The number of aromatic nitrogens is 2. The SMILES string of the molecule is Cc1nc2c(c(N3CCC(C)CC3)n1)CN(C(=O)Nc1ccc(C(F)(F)F)cc1)CC2. The summed E-state index contributed by atoms with van der Waals surface area (Å²) in [6.45, 7) is 6.88. The van der Waals surface area contributed by atoms with Crippen molar-refractivity contribution in [2.45, 2.75) is 45.8 Å². The first kappa shape index (κ1) is 21.4. The van der Waals surface area contributed by atoms with E-state index >= 15 is 0 Å².